The maximum absolute atomic E-state index is 11.6. The highest BCUT2D eigenvalue weighted by molar-refractivity contribution is 5.77. The van der Waals surface area contributed by atoms with Crippen LogP contribution < -0.4 is 14.8 Å². The lowest BCUT2D eigenvalue weighted by molar-refractivity contribution is -0.140. The maximum atomic E-state index is 11.6. The summed E-state index contributed by atoms with van der Waals surface area (Å²) in [5, 5.41) is 2.67. The van der Waals surface area contributed by atoms with Gasteiger partial charge in [-0.2, -0.15) is 0 Å². The lowest BCUT2D eigenvalue weighted by Gasteiger charge is -2.05. The second-order valence-electron chi connectivity index (χ2n) is 4.36. The van der Waals surface area contributed by atoms with Crippen LogP contribution >= 0.6 is 0 Å². The third-order valence-corrected chi connectivity index (χ3v) is 2.96. The Morgan fingerprint density at radius 2 is 2.05 bits per heavy atom. The average molecular weight is 279 g/mol. The van der Waals surface area contributed by atoms with E-state index >= 15 is 0 Å². The van der Waals surface area contributed by atoms with Crippen LogP contribution in [0.15, 0.2) is 18.2 Å². The Balaban J connectivity index is 1.72. The van der Waals surface area contributed by atoms with E-state index in [2.05, 4.69) is 10.1 Å². The van der Waals surface area contributed by atoms with Crippen LogP contribution in [0, 0.1) is 0 Å². The summed E-state index contributed by atoms with van der Waals surface area (Å²) >= 11 is 0. The molecule has 0 aliphatic carbocycles. The molecule has 0 fully saturated rings. The van der Waals surface area contributed by atoms with Crippen LogP contribution in [0.25, 0.3) is 0 Å². The van der Waals surface area contributed by atoms with Crippen molar-refractivity contribution in [2.45, 2.75) is 19.3 Å². The van der Waals surface area contributed by atoms with Crippen LogP contribution in [0.3, 0.4) is 0 Å². The molecular formula is C14H17NO5. The molecule has 1 aliphatic rings. The van der Waals surface area contributed by atoms with Gasteiger partial charge < -0.3 is 19.5 Å². The number of benzene rings is 1. The third-order valence-electron chi connectivity index (χ3n) is 2.96. The monoisotopic (exact) mass is 279 g/mol. The zero-order chi connectivity index (χ0) is 14.4. The molecule has 0 saturated heterocycles. The Morgan fingerprint density at radius 1 is 1.25 bits per heavy atom. The van der Waals surface area contributed by atoms with Crippen molar-refractivity contribution in [1.29, 1.82) is 0 Å². The molecule has 1 N–H and O–H groups in total. The van der Waals surface area contributed by atoms with E-state index in [1.807, 2.05) is 18.2 Å². The summed E-state index contributed by atoms with van der Waals surface area (Å²) in [5.41, 5.74) is 1.01. The molecule has 1 aromatic rings. The summed E-state index contributed by atoms with van der Waals surface area (Å²) in [6.07, 6.45) is 1.16. The van der Waals surface area contributed by atoms with E-state index in [1.54, 1.807) is 0 Å². The summed E-state index contributed by atoms with van der Waals surface area (Å²) in [7, 11) is 1.32. The van der Waals surface area contributed by atoms with Gasteiger partial charge >= 0.3 is 5.97 Å². The molecule has 0 unspecified atom stereocenters. The minimum Gasteiger partial charge on any atom is -0.469 e. The molecule has 0 aromatic heterocycles. The quantitative estimate of drug-likeness (QED) is 0.787. The Kier molecular flexibility index (Phi) is 4.81. The molecule has 0 saturated carbocycles. The number of fused-ring (bicyclic) bond motifs is 1. The van der Waals surface area contributed by atoms with Gasteiger partial charge in [-0.3, -0.25) is 9.59 Å². The number of rotatable bonds is 6. The SMILES string of the molecule is COC(=O)CCNC(=O)CCc1ccc2c(c1)OCO2. The van der Waals surface area contributed by atoms with Crippen LogP contribution in [-0.2, 0) is 20.7 Å². The number of nitrogens with one attached hydrogen (secondary N) is 1. The molecule has 0 bridgehead atoms. The maximum Gasteiger partial charge on any atom is 0.307 e. The van der Waals surface area contributed by atoms with Gasteiger partial charge in [0.2, 0.25) is 12.7 Å². The van der Waals surface area contributed by atoms with Crippen LogP contribution in [0.5, 0.6) is 11.5 Å². The zero-order valence-corrected chi connectivity index (χ0v) is 11.3. The van der Waals surface area contributed by atoms with Crippen LogP contribution in [0.4, 0.5) is 0 Å². The van der Waals surface area contributed by atoms with Crippen LogP contribution in [-0.4, -0.2) is 32.3 Å². The highest BCUT2D eigenvalue weighted by Gasteiger charge is 2.13. The molecule has 1 aliphatic heterocycles. The first-order valence-corrected chi connectivity index (χ1v) is 6.41. The lowest BCUT2D eigenvalue weighted by atomic mass is 10.1. The van der Waals surface area contributed by atoms with E-state index in [0.717, 1.165) is 11.3 Å². The molecular weight excluding hydrogens is 262 g/mol. The highest BCUT2D eigenvalue weighted by Crippen LogP contribution is 2.32. The van der Waals surface area contributed by atoms with Crippen molar-refractivity contribution in [3.63, 3.8) is 0 Å². The summed E-state index contributed by atoms with van der Waals surface area (Å²) < 4.78 is 15.0. The minimum atomic E-state index is -0.332. The van der Waals surface area contributed by atoms with Gasteiger partial charge in [0.05, 0.1) is 13.5 Å². The fourth-order valence-electron chi connectivity index (χ4n) is 1.85. The van der Waals surface area contributed by atoms with E-state index in [9.17, 15) is 9.59 Å². The second kappa shape index (κ2) is 6.79. The van der Waals surface area contributed by atoms with Gasteiger partial charge in [0, 0.05) is 13.0 Å². The molecule has 20 heavy (non-hydrogen) atoms. The highest BCUT2D eigenvalue weighted by atomic mass is 16.7. The number of carbonyl (C=O) groups is 2. The van der Waals surface area contributed by atoms with Crippen molar-refractivity contribution in [2.24, 2.45) is 0 Å². The smallest absolute Gasteiger partial charge is 0.307 e. The number of aryl methyl sites for hydroxylation is 1. The molecule has 0 spiro atoms. The normalized spacial score (nSPS) is 12.1. The summed E-state index contributed by atoms with van der Waals surface area (Å²) in [6, 6.07) is 5.63. The Morgan fingerprint density at radius 3 is 2.85 bits per heavy atom. The molecule has 108 valence electrons. The molecule has 1 amide bonds. The van der Waals surface area contributed by atoms with Crippen molar-refractivity contribution < 1.29 is 23.8 Å². The van der Waals surface area contributed by atoms with Gasteiger partial charge in [0.15, 0.2) is 11.5 Å². The van der Waals surface area contributed by atoms with Gasteiger partial charge in [0.25, 0.3) is 0 Å². The second-order valence-corrected chi connectivity index (χ2v) is 4.36. The van der Waals surface area contributed by atoms with Crippen LogP contribution in [0.2, 0.25) is 0 Å². The summed E-state index contributed by atoms with van der Waals surface area (Å²) in [4.78, 5) is 22.5. The fraction of sp³-hybridized carbons (Fsp3) is 0.429. The van der Waals surface area contributed by atoms with E-state index < -0.39 is 0 Å². The molecule has 0 atom stereocenters. The van der Waals surface area contributed by atoms with E-state index in [-0.39, 0.29) is 25.1 Å². The number of esters is 1. The molecule has 1 aromatic carbocycles. The topological polar surface area (TPSA) is 73.9 Å². The first-order chi connectivity index (χ1) is 9.69. The predicted molar refractivity (Wildman–Crippen MR) is 70.5 cm³/mol. The number of hydrogen-bond acceptors (Lipinski definition) is 5. The summed E-state index contributed by atoms with van der Waals surface area (Å²) in [6.45, 7) is 0.541. The van der Waals surface area contributed by atoms with E-state index in [1.165, 1.54) is 7.11 Å². The van der Waals surface area contributed by atoms with Gasteiger partial charge in [-0.15, -0.1) is 0 Å². The number of amides is 1. The van der Waals surface area contributed by atoms with Gasteiger partial charge in [-0.25, -0.2) is 0 Å². The van der Waals surface area contributed by atoms with Crippen molar-refractivity contribution >= 4 is 11.9 Å². The third kappa shape index (κ3) is 3.88. The van der Waals surface area contributed by atoms with Crippen molar-refractivity contribution in [1.82, 2.24) is 5.32 Å². The molecule has 2 rings (SSSR count). The fourth-order valence-corrected chi connectivity index (χ4v) is 1.85. The molecule has 6 heteroatoms. The van der Waals surface area contributed by atoms with E-state index in [0.29, 0.717) is 25.1 Å². The Labute approximate surface area is 117 Å². The minimum absolute atomic E-state index is 0.0911. The number of methoxy groups -OCH3 is 1. The number of carbonyl (C=O) groups excluding carboxylic acids is 2. The van der Waals surface area contributed by atoms with Gasteiger partial charge in [-0.05, 0) is 24.1 Å². The average Bonchev–Trinajstić information content (AvgIpc) is 2.92. The van der Waals surface area contributed by atoms with Gasteiger partial charge in [-0.1, -0.05) is 6.07 Å². The first-order valence-electron chi connectivity index (χ1n) is 6.41. The Hall–Kier alpha value is -2.24. The summed E-state index contributed by atoms with van der Waals surface area (Å²) in [5.74, 6) is 1.03. The molecule has 1 heterocycles. The number of ether oxygens (including phenoxy) is 3. The van der Waals surface area contributed by atoms with Crippen molar-refractivity contribution in [3.8, 4) is 11.5 Å². The van der Waals surface area contributed by atoms with Crippen LogP contribution in [0.1, 0.15) is 18.4 Å². The first kappa shape index (κ1) is 14.2. The standard InChI is InChI=1S/C14H17NO5/c1-18-14(17)6-7-15-13(16)5-3-10-2-4-11-12(8-10)20-9-19-11/h2,4,8H,3,5-7,9H2,1H3,(H,15,16). The number of hydrogen-bond donors (Lipinski definition) is 1. The predicted octanol–water partition coefficient (Wildman–Crippen LogP) is 1.03. The zero-order valence-electron chi connectivity index (χ0n) is 11.3. The van der Waals surface area contributed by atoms with Crippen molar-refractivity contribution in [3.05, 3.63) is 23.8 Å². The largest absolute Gasteiger partial charge is 0.469 e. The van der Waals surface area contributed by atoms with Crippen molar-refractivity contribution in [2.75, 3.05) is 20.4 Å². The van der Waals surface area contributed by atoms with E-state index in [4.69, 9.17) is 9.47 Å². The lowest BCUT2D eigenvalue weighted by Crippen LogP contribution is -2.26. The Bertz CT molecular complexity index is 500. The molecule has 6 nitrogen and oxygen atoms in total. The molecule has 0 radical (unpaired) electrons. The van der Waals surface area contributed by atoms with Gasteiger partial charge in [0.1, 0.15) is 0 Å².